The molecule has 0 unspecified atom stereocenters. The zero-order valence-electron chi connectivity index (χ0n) is 22.6. The molecule has 0 atom stereocenters. The van der Waals surface area contributed by atoms with Gasteiger partial charge < -0.3 is 0 Å². The summed E-state index contributed by atoms with van der Waals surface area (Å²) in [5, 5.41) is 5.46. The van der Waals surface area contributed by atoms with Crippen LogP contribution in [0.5, 0.6) is 0 Å². The van der Waals surface area contributed by atoms with Gasteiger partial charge in [-0.05, 0) is 13.8 Å². The summed E-state index contributed by atoms with van der Waals surface area (Å²) in [6, 6.07) is 15.6. The Morgan fingerprint density at radius 2 is 1.19 bits per heavy atom. The molecule has 0 aromatic heterocycles. The Hall–Kier alpha value is -1.11. The molecule has 2 heteroatoms. The number of allylic oxidation sites excluding steroid dienone is 4. The number of rotatable bonds is 2. The van der Waals surface area contributed by atoms with Crippen molar-refractivity contribution in [3.05, 3.63) is 77.9 Å². The first-order valence-electron chi connectivity index (χ1n) is 14.5. The predicted molar refractivity (Wildman–Crippen MR) is 157 cm³/mol. The Kier molecular flexibility index (Phi) is 11.4. The molecule has 2 saturated carbocycles. The second-order valence-electron chi connectivity index (χ2n) is 11.2. The summed E-state index contributed by atoms with van der Waals surface area (Å²) in [5.74, 6) is 0. The molecule has 36 heavy (non-hydrogen) atoms. The summed E-state index contributed by atoms with van der Waals surface area (Å²) >= 11 is 1.96. The van der Waals surface area contributed by atoms with Crippen LogP contribution in [0.3, 0.4) is 0 Å². The first-order valence-corrected chi connectivity index (χ1v) is 19.8. The van der Waals surface area contributed by atoms with Crippen LogP contribution in [0.25, 0.3) is 21.5 Å². The Bertz CT molecular complexity index is 1080. The first kappa shape index (κ1) is 27.9. The van der Waals surface area contributed by atoms with Gasteiger partial charge in [0.25, 0.3) is 0 Å². The van der Waals surface area contributed by atoms with E-state index in [0.29, 0.717) is 0 Å². The molecular weight excluding hydrogens is 528 g/mol. The van der Waals surface area contributed by atoms with E-state index in [1.165, 1.54) is 69.4 Å². The minimum absolute atomic E-state index is 0.0532. The van der Waals surface area contributed by atoms with Crippen molar-refractivity contribution in [2.75, 3.05) is 0 Å². The van der Waals surface area contributed by atoms with Crippen LogP contribution in [0.1, 0.15) is 94.6 Å². The number of fused-ring (bicyclic) bond motifs is 3. The van der Waals surface area contributed by atoms with Gasteiger partial charge in [0.15, 0.2) is 0 Å². The Morgan fingerprint density at radius 3 is 1.56 bits per heavy atom. The zero-order valence-corrected chi connectivity index (χ0v) is 26.1. The van der Waals surface area contributed by atoms with Crippen molar-refractivity contribution in [1.29, 1.82) is 0 Å². The Morgan fingerprint density at radius 1 is 0.722 bits per heavy atom. The number of benzene rings is 2. The number of aryl methyl sites for hydroxylation is 2. The SMILES string of the molecule is Cc1ccc2c(c1)[cH-]c1cc(C)ccc12.[C-]1=CC=CC1.[Zr+2]=[Si](C1CCCCCC1)C1CCCCCC1. The van der Waals surface area contributed by atoms with Crippen LogP contribution < -0.4 is 0 Å². The van der Waals surface area contributed by atoms with E-state index >= 15 is 0 Å². The fourth-order valence-electron chi connectivity index (χ4n) is 6.12. The summed E-state index contributed by atoms with van der Waals surface area (Å²) in [5.41, 5.74) is 5.14. The molecule has 0 amide bonds. The summed E-state index contributed by atoms with van der Waals surface area (Å²) < 4.78 is 0. The molecular formula is C34H44SiZr. The van der Waals surface area contributed by atoms with Gasteiger partial charge in [-0.3, -0.25) is 6.08 Å². The van der Waals surface area contributed by atoms with Gasteiger partial charge in [-0.15, -0.1) is 46.2 Å². The molecule has 188 valence electrons. The van der Waals surface area contributed by atoms with Crippen molar-refractivity contribution in [2.45, 2.75) is 108 Å². The van der Waals surface area contributed by atoms with E-state index in [1.54, 1.807) is 51.4 Å². The fraction of sp³-hybridized carbons (Fsp3) is 0.500. The summed E-state index contributed by atoms with van der Waals surface area (Å²) in [6.07, 6.45) is 28.8. The van der Waals surface area contributed by atoms with Crippen molar-refractivity contribution < 1.29 is 23.3 Å². The van der Waals surface area contributed by atoms with E-state index in [4.69, 9.17) is 0 Å². The van der Waals surface area contributed by atoms with Crippen molar-refractivity contribution in [2.24, 2.45) is 0 Å². The molecule has 0 N–H and O–H groups in total. The third kappa shape index (κ3) is 8.19. The molecule has 3 aromatic carbocycles. The third-order valence-corrected chi connectivity index (χ3v) is 17.1. The van der Waals surface area contributed by atoms with E-state index in [9.17, 15) is 0 Å². The quantitative estimate of drug-likeness (QED) is 0.163. The van der Waals surface area contributed by atoms with E-state index in [2.05, 4.69) is 68.5 Å². The van der Waals surface area contributed by atoms with Gasteiger partial charge >= 0.3 is 117 Å². The molecule has 3 aromatic rings. The molecule has 0 bridgehead atoms. The molecule has 0 aliphatic heterocycles. The predicted octanol–water partition coefficient (Wildman–Crippen LogP) is 10.6. The molecule has 2 fully saturated rings. The van der Waals surface area contributed by atoms with Crippen LogP contribution in [0.4, 0.5) is 0 Å². The molecule has 0 spiro atoms. The van der Waals surface area contributed by atoms with Gasteiger partial charge in [0, 0.05) is 0 Å². The topological polar surface area (TPSA) is 0 Å². The number of hydrogen-bond acceptors (Lipinski definition) is 0. The van der Waals surface area contributed by atoms with Crippen LogP contribution in [-0.2, 0) is 23.3 Å². The Balaban J connectivity index is 0.000000142. The first-order chi connectivity index (χ1) is 17.6. The molecule has 0 radical (unpaired) electrons. The minimum atomic E-state index is 0.0532. The van der Waals surface area contributed by atoms with Crippen molar-refractivity contribution >= 4 is 27.0 Å². The molecule has 0 saturated heterocycles. The maximum absolute atomic E-state index is 2.99. The van der Waals surface area contributed by atoms with E-state index in [1.807, 2.05) is 35.5 Å². The average molecular weight is 572 g/mol. The van der Waals surface area contributed by atoms with Crippen LogP contribution in [0.2, 0.25) is 11.1 Å². The maximum atomic E-state index is 2.99. The standard InChI is InChI=1S/C15H13.C14H26Si.C5H5.Zr/c1-10-3-5-14-12(7-10)9-13-8-11(2)4-6-15(13)14;1-2-6-10-13(9-5-1)15-14-11-7-3-4-8-12-14;1-2-4-5-3-1;/h3-9H,1-2H3;13-14H,1-12H2;1-3H,4H2;/q-1;;-1;+2. The van der Waals surface area contributed by atoms with Gasteiger partial charge in [0.1, 0.15) is 0 Å². The van der Waals surface area contributed by atoms with Gasteiger partial charge in [-0.2, -0.15) is 6.08 Å². The molecule has 6 rings (SSSR count). The Labute approximate surface area is 235 Å². The van der Waals surface area contributed by atoms with E-state index in [0.717, 1.165) is 6.42 Å². The molecule has 3 aliphatic carbocycles. The van der Waals surface area contributed by atoms with Gasteiger partial charge in [-0.1, -0.05) is 35.4 Å². The zero-order chi connectivity index (χ0) is 25.2. The summed E-state index contributed by atoms with van der Waals surface area (Å²) in [4.78, 5) is 0. The van der Waals surface area contributed by atoms with Crippen LogP contribution >= 0.6 is 0 Å². The number of hydrogen-bond donors (Lipinski definition) is 0. The van der Waals surface area contributed by atoms with Crippen molar-refractivity contribution in [3.63, 3.8) is 0 Å². The van der Waals surface area contributed by atoms with Gasteiger partial charge in [0.05, 0.1) is 0 Å². The monoisotopic (exact) mass is 570 g/mol. The normalized spacial score (nSPS) is 18.8. The molecule has 0 nitrogen and oxygen atoms in total. The van der Waals surface area contributed by atoms with Crippen molar-refractivity contribution in [3.8, 4) is 0 Å². The van der Waals surface area contributed by atoms with Crippen LogP contribution in [0.15, 0.2) is 60.7 Å². The van der Waals surface area contributed by atoms with Crippen LogP contribution in [0, 0.1) is 19.9 Å². The van der Waals surface area contributed by atoms with Crippen LogP contribution in [-0.4, -0.2) is 5.43 Å². The summed E-state index contributed by atoms with van der Waals surface area (Å²) in [6.45, 7) is 4.28. The summed E-state index contributed by atoms with van der Waals surface area (Å²) in [7, 11) is 0. The van der Waals surface area contributed by atoms with E-state index in [-0.39, 0.29) is 5.43 Å². The van der Waals surface area contributed by atoms with Gasteiger partial charge in [-0.25, -0.2) is 12.2 Å². The van der Waals surface area contributed by atoms with E-state index < -0.39 is 0 Å². The second kappa shape index (κ2) is 14.7. The average Bonchev–Trinajstić information content (AvgIpc) is 3.38. The third-order valence-electron chi connectivity index (χ3n) is 8.19. The molecule has 3 aliphatic rings. The fourth-order valence-corrected chi connectivity index (χ4v) is 13.1. The molecule has 0 heterocycles. The van der Waals surface area contributed by atoms with Gasteiger partial charge in [0.2, 0.25) is 0 Å². The second-order valence-corrected chi connectivity index (χ2v) is 18.0. The van der Waals surface area contributed by atoms with Crippen molar-refractivity contribution in [1.82, 2.24) is 0 Å².